The smallest absolute Gasteiger partial charge is 0.133 e. The molecular formula is C14H23N3. The standard InChI is InChI=1S/C14H23N3/c1-4-9-15-12-13-8-7-10-16-14(13)17(6-3)11-5-2/h5,7-8,10,15H,2,4,6,9,11-12H2,1,3H3. The maximum Gasteiger partial charge on any atom is 0.133 e. The van der Waals surface area contributed by atoms with E-state index in [1.54, 1.807) is 0 Å². The van der Waals surface area contributed by atoms with E-state index in [0.29, 0.717) is 0 Å². The zero-order valence-electron chi connectivity index (χ0n) is 10.9. The van der Waals surface area contributed by atoms with Gasteiger partial charge in [0.1, 0.15) is 5.82 Å². The topological polar surface area (TPSA) is 28.2 Å². The van der Waals surface area contributed by atoms with Crippen LogP contribution in [0.5, 0.6) is 0 Å². The van der Waals surface area contributed by atoms with Gasteiger partial charge in [-0.1, -0.05) is 19.1 Å². The van der Waals surface area contributed by atoms with Crippen LogP contribution < -0.4 is 10.2 Å². The lowest BCUT2D eigenvalue weighted by Gasteiger charge is -2.23. The van der Waals surface area contributed by atoms with Crippen molar-refractivity contribution in [2.24, 2.45) is 0 Å². The summed E-state index contributed by atoms with van der Waals surface area (Å²) in [5, 5.41) is 3.42. The van der Waals surface area contributed by atoms with Crippen LogP contribution in [-0.4, -0.2) is 24.6 Å². The number of nitrogens with one attached hydrogen (secondary N) is 1. The Morgan fingerprint density at radius 2 is 2.29 bits per heavy atom. The van der Waals surface area contributed by atoms with Gasteiger partial charge in [-0.25, -0.2) is 4.98 Å². The number of pyridine rings is 1. The molecule has 1 heterocycles. The van der Waals surface area contributed by atoms with Gasteiger partial charge in [0.25, 0.3) is 0 Å². The maximum atomic E-state index is 4.49. The molecule has 1 rings (SSSR count). The van der Waals surface area contributed by atoms with Crippen LogP contribution in [0, 0.1) is 0 Å². The summed E-state index contributed by atoms with van der Waals surface area (Å²) in [7, 11) is 0. The van der Waals surface area contributed by atoms with Gasteiger partial charge >= 0.3 is 0 Å². The van der Waals surface area contributed by atoms with Crippen molar-refractivity contribution in [2.75, 3.05) is 24.5 Å². The molecule has 0 aromatic carbocycles. The quantitative estimate of drug-likeness (QED) is 0.552. The molecule has 0 aliphatic heterocycles. The summed E-state index contributed by atoms with van der Waals surface area (Å²) >= 11 is 0. The second-order valence-corrected chi connectivity index (χ2v) is 3.99. The van der Waals surface area contributed by atoms with E-state index in [1.165, 1.54) is 5.56 Å². The SMILES string of the molecule is C=CCN(CC)c1ncccc1CNCCC. The van der Waals surface area contributed by atoms with Crippen molar-refractivity contribution in [3.05, 3.63) is 36.5 Å². The number of nitrogens with zero attached hydrogens (tertiary/aromatic N) is 2. The average Bonchev–Trinajstić information content (AvgIpc) is 2.37. The highest BCUT2D eigenvalue weighted by Crippen LogP contribution is 2.16. The van der Waals surface area contributed by atoms with Gasteiger partial charge in [0.05, 0.1) is 0 Å². The first-order valence-electron chi connectivity index (χ1n) is 6.33. The first kappa shape index (κ1) is 13.7. The maximum absolute atomic E-state index is 4.49. The van der Waals surface area contributed by atoms with E-state index in [0.717, 1.165) is 38.4 Å². The molecule has 0 atom stereocenters. The Bertz CT molecular complexity index is 336. The molecule has 0 unspecified atom stereocenters. The molecule has 0 aliphatic rings. The Balaban J connectivity index is 2.77. The number of rotatable bonds is 8. The van der Waals surface area contributed by atoms with Crippen molar-refractivity contribution < 1.29 is 0 Å². The van der Waals surface area contributed by atoms with Gasteiger partial charge in [0.15, 0.2) is 0 Å². The van der Waals surface area contributed by atoms with Crippen LogP contribution in [-0.2, 0) is 6.54 Å². The highest BCUT2D eigenvalue weighted by Gasteiger charge is 2.08. The minimum atomic E-state index is 0.842. The third-order valence-electron chi connectivity index (χ3n) is 2.64. The van der Waals surface area contributed by atoms with Crippen LogP contribution in [0.25, 0.3) is 0 Å². The molecule has 1 aromatic heterocycles. The summed E-state index contributed by atoms with van der Waals surface area (Å²) in [6.45, 7) is 11.8. The molecule has 94 valence electrons. The molecule has 0 saturated heterocycles. The highest BCUT2D eigenvalue weighted by molar-refractivity contribution is 5.47. The van der Waals surface area contributed by atoms with Crippen LogP contribution in [0.4, 0.5) is 5.82 Å². The number of anilines is 1. The Hall–Kier alpha value is -1.35. The summed E-state index contributed by atoms with van der Waals surface area (Å²) < 4.78 is 0. The van der Waals surface area contributed by atoms with Gasteiger partial charge in [-0.15, -0.1) is 6.58 Å². The fraction of sp³-hybridized carbons (Fsp3) is 0.500. The van der Waals surface area contributed by atoms with E-state index in [9.17, 15) is 0 Å². The van der Waals surface area contributed by atoms with Gasteiger partial charge < -0.3 is 10.2 Å². The Morgan fingerprint density at radius 1 is 1.47 bits per heavy atom. The van der Waals surface area contributed by atoms with Crippen molar-refractivity contribution in [1.29, 1.82) is 0 Å². The van der Waals surface area contributed by atoms with Crippen molar-refractivity contribution >= 4 is 5.82 Å². The predicted octanol–water partition coefficient (Wildman–Crippen LogP) is 2.59. The fourth-order valence-corrected chi connectivity index (χ4v) is 1.77. The lowest BCUT2D eigenvalue weighted by molar-refractivity contribution is 0.671. The molecule has 3 nitrogen and oxygen atoms in total. The second-order valence-electron chi connectivity index (χ2n) is 3.99. The molecule has 0 spiro atoms. The molecule has 0 fully saturated rings. The Labute approximate surface area is 105 Å². The van der Waals surface area contributed by atoms with Crippen molar-refractivity contribution in [3.63, 3.8) is 0 Å². The minimum Gasteiger partial charge on any atom is -0.353 e. The Morgan fingerprint density at radius 3 is 2.94 bits per heavy atom. The zero-order chi connectivity index (χ0) is 12.5. The Kier molecular flexibility index (Phi) is 6.33. The van der Waals surface area contributed by atoms with Gasteiger partial charge in [0.2, 0.25) is 0 Å². The van der Waals surface area contributed by atoms with Gasteiger partial charge in [-0.2, -0.15) is 0 Å². The van der Waals surface area contributed by atoms with Gasteiger partial charge in [-0.05, 0) is 26.0 Å². The number of likely N-dealkylation sites (N-methyl/N-ethyl adjacent to an activating group) is 1. The molecule has 0 aliphatic carbocycles. The molecular weight excluding hydrogens is 210 g/mol. The summed E-state index contributed by atoms with van der Waals surface area (Å²) in [6, 6.07) is 4.13. The van der Waals surface area contributed by atoms with E-state index in [4.69, 9.17) is 0 Å². The molecule has 0 saturated carbocycles. The highest BCUT2D eigenvalue weighted by atomic mass is 15.2. The lowest BCUT2D eigenvalue weighted by Crippen LogP contribution is -2.26. The van der Waals surface area contributed by atoms with E-state index in [1.807, 2.05) is 18.3 Å². The summed E-state index contributed by atoms with van der Waals surface area (Å²) in [5.41, 5.74) is 1.25. The van der Waals surface area contributed by atoms with Crippen LogP contribution in [0.1, 0.15) is 25.8 Å². The van der Waals surface area contributed by atoms with Crippen molar-refractivity contribution in [1.82, 2.24) is 10.3 Å². The molecule has 3 heteroatoms. The third-order valence-corrected chi connectivity index (χ3v) is 2.64. The van der Waals surface area contributed by atoms with Crippen LogP contribution in [0.3, 0.4) is 0 Å². The minimum absolute atomic E-state index is 0.842. The first-order valence-corrected chi connectivity index (χ1v) is 6.33. The van der Waals surface area contributed by atoms with Crippen LogP contribution in [0.2, 0.25) is 0 Å². The molecule has 0 bridgehead atoms. The van der Waals surface area contributed by atoms with E-state index < -0.39 is 0 Å². The van der Waals surface area contributed by atoms with Crippen LogP contribution >= 0.6 is 0 Å². The molecule has 1 aromatic rings. The predicted molar refractivity (Wildman–Crippen MR) is 74.3 cm³/mol. The molecule has 0 radical (unpaired) electrons. The van der Waals surface area contributed by atoms with Gasteiger partial charge in [0, 0.05) is 31.4 Å². The van der Waals surface area contributed by atoms with E-state index in [2.05, 4.69) is 41.7 Å². The first-order chi connectivity index (χ1) is 8.33. The third kappa shape index (κ3) is 4.19. The summed E-state index contributed by atoms with van der Waals surface area (Å²) in [6.07, 6.45) is 4.92. The lowest BCUT2D eigenvalue weighted by atomic mass is 10.2. The number of hydrogen-bond acceptors (Lipinski definition) is 3. The zero-order valence-corrected chi connectivity index (χ0v) is 10.9. The summed E-state index contributed by atoms with van der Waals surface area (Å²) in [4.78, 5) is 6.72. The molecule has 17 heavy (non-hydrogen) atoms. The molecule has 0 amide bonds. The fourth-order valence-electron chi connectivity index (χ4n) is 1.77. The van der Waals surface area contributed by atoms with Crippen LogP contribution in [0.15, 0.2) is 31.0 Å². The van der Waals surface area contributed by atoms with E-state index >= 15 is 0 Å². The van der Waals surface area contributed by atoms with E-state index in [-0.39, 0.29) is 0 Å². The summed E-state index contributed by atoms with van der Waals surface area (Å²) in [5.74, 6) is 1.07. The second kappa shape index (κ2) is 7.85. The van der Waals surface area contributed by atoms with Crippen molar-refractivity contribution in [3.8, 4) is 0 Å². The normalized spacial score (nSPS) is 10.2. The largest absolute Gasteiger partial charge is 0.353 e. The average molecular weight is 233 g/mol. The monoisotopic (exact) mass is 233 g/mol. The number of hydrogen-bond donors (Lipinski definition) is 1. The number of aromatic nitrogens is 1. The van der Waals surface area contributed by atoms with Gasteiger partial charge in [-0.3, -0.25) is 0 Å². The van der Waals surface area contributed by atoms with Crippen molar-refractivity contribution in [2.45, 2.75) is 26.8 Å². The molecule has 1 N–H and O–H groups in total.